The maximum Gasteiger partial charge on any atom is 0.275 e. The highest BCUT2D eigenvalue weighted by atomic mass is 32.1. The molecule has 1 atom stereocenters. The lowest BCUT2D eigenvalue weighted by atomic mass is 9.96. The first-order valence-corrected chi connectivity index (χ1v) is 10.4. The molecule has 1 saturated heterocycles. The summed E-state index contributed by atoms with van der Waals surface area (Å²) >= 11 is 1.06. The Bertz CT molecular complexity index is 755. The Balaban J connectivity index is 1.62. The highest BCUT2D eigenvalue weighted by Crippen LogP contribution is 2.21. The van der Waals surface area contributed by atoms with Gasteiger partial charge in [-0.15, -0.1) is 0 Å². The molecule has 0 radical (unpaired) electrons. The summed E-state index contributed by atoms with van der Waals surface area (Å²) in [5.74, 6) is 0.170. The van der Waals surface area contributed by atoms with Gasteiger partial charge < -0.3 is 9.80 Å². The minimum absolute atomic E-state index is 0.0539. The van der Waals surface area contributed by atoms with Crippen LogP contribution >= 0.6 is 11.7 Å². The average Bonchev–Trinajstić information content (AvgIpc) is 3.21. The van der Waals surface area contributed by atoms with Crippen molar-refractivity contribution in [3.63, 3.8) is 0 Å². The van der Waals surface area contributed by atoms with E-state index in [4.69, 9.17) is 0 Å². The molecule has 1 aromatic carbocycles. The van der Waals surface area contributed by atoms with Crippen LogP contribution in [-0.4, -0.2) is 76.2 Å². The monoisotopic (exact) mass is 405 g/mol. The average molecular weight is 406 g/mol. The van der Waals surface area contributed by atoms with Gasteiger partial charge in [-0.05, 0) is 45.5 Å². The number of likely N-dealkylation sites (N-methyl/N-ethyl adjacent to an activating group) is 1. The Labute approximate surface area is 170 Å². The largest absolute Gasteiger partial charge is 0.336 e. The molecule has 6 nitrogen and oxygen atoms in total. The summed E-state index contributed by atoms with van der Waals surface area (Å²) < 4.78 is 22.1. The standard InChI is InChI=1S/C20H28FN5OS/c1-24(2)10-11-26(20(27)19-12-22-28-23-19)14-16-6-5-9-25(13-16)15-17-7-3-4-8-18(17)21/h3-4,7-8,12,16H,5-6,9-11,13-15H2,1-2H3. The van der Waals surface area contributed by atoms with Gasteiger partial charge in [0.15, 0.2) is 5.69 Å². The third kappa shape index (κ3) is 5.80. The molecular weight excluding hydrogens is 377 g/mol. The lowest BCUT2D eigenvalue weighted by Gasteiger charge is -2.36. The van der Waals surface area contributed by atoms with E-state index in [1.54, 1.807) is 12.3 Å². The second-order valence-corrected chi connectivity index (χ2v) is 8.24. The van der Waals surface area contributed by atoms with Crippen molar-refractivity contribution in [2.24, 2.45) is 5.92 Å². The molecular formula is C20H28FN5OS. The van der Waals surface area contributed by atoms with E-state index >= 15 is 0 Å². The van der Waals surface area contributed by atoms with E-state index in [1.807, 2.05) is 31.1 Å². The van der Waals surface area contributed by atoms with Crippen LogP contribution in [0.3, 0.4) is 0 Å². The molecule has 0 saturated carbocycles. The Morgan fingerprint density at radius 1 is 1.32 bits per heavy atom. The highest BCUT2D eigenvalue weighted by molar-refractivity contribution is 6.99. The van der Waals surface area contributed by atoms with Crippen molar-refractivity contribution in [1.82, 2.24) is 23.4 Å². The number of carbonyl (C=O) groups is 1. The number of halogens is 1. The van der Waals surface area contributed by atoms with Gasteiger partial charge in [0.05, 0.1) is 17.9 Å². The third-order valence-electron chi connectivity index (χ3n) is 5.12. The van der Waals surface area contributed by atoms with Gasteiger partial charge in [-0.2, -0.15) is 8.75 Å². The number of aromatic nitrogens is 2. The van der Waals surface area contributed by atoms with Gasteiger partial charge in [-0.1, -0.05) is 18.2 Å². The van der Waals surface area contributed by atoms with Crippen molar-refractivity contribution in [1.29, 1.82) is 0 Å². The molecule has 2 aromatic rings. The first-order chi connectivity index (χ1) is 13.5. The number of piperidine rings is 1. The SMILES string of the molecule is CN(C)CCN(CC1CCCN(Cc2ccccc2F)C1)C(=O)c1cnsn1. The van der Waals surface area contributed by atoms with Crippen molar-refractivity contribution in [2.75, 3.05) is 46.8 Å². The molecule has 0 N–H and O–H groups in total. The molecule has 8 heteroatoms. The number of likely N-dealkylation sites (tertiary alicyclic amines) is 1. The molecule has 2 heterocycles. The van der Waals surface area contributed by atoms with Gasteiger partial charge in [0, 0.05) is 38.3 Å². The zero-order valence-corrected chi connectivity index (χ0v) is 17.4. The molecule has 1 fully saturated rings. The highest BCUT2D eigenvalue weighted by Gasteiger charge is 2.26. The second-order valence-electron chi connectivity index (χ2n) is 7.68. The zero-order valence-electron chi connectivity index (χ0n) is 16.6. The Kier molecular flexibility index (Phi) is 7.47. The number of hydrogen-bond donors (Lipinski definition) is 0. The fourth-order valence-corrected chi connectivity index (χ4v) is 4.05. The first kappa shape index (κ1) is 20.8. The number of rotatable bonds is 8. The predicted molar refractivity (Wildman–Crippen MR) is 109 cm³/mol. The van der Waals surface area contributed by atoms with E-state index in [9.17, 15) is 9.18 Å². The second kappa shape index (κ2) is 10.0. The van der Waals surface area contributed by atoms with Crippen LogP contribution in [-0.2, 0) is 6.54 Å². The van der Waals surface area contributed by atoms with Crippen LogP contribution < -0.4 is 0 Å². The minimum atomic E-state index is -0.150. The van der Waals surface area contributed by atoms with Gasteiger partial charge in [0.2, 0.25) is 0 Å². The van der Waals surface area contributed by atoms with Crippen molar-refractivity contribution >= 4 is 17.6 Å². The molecule has 0 aliphatic carbocycles. The summed E-state index contributed by atoms with van der Waals surface area (Å²) in [5, 5.41) is 0. The number of nitrogens with zero attached hydrogens (tertiary/aromatic N) is 5. The van der Waals surface area contributed by atoms with Crippen LogP contribution in [0.1, 0.15) is 28.9 Å². The first-order valence-electron chi connectivity index (χ1n) is 9.70. The van der Waals surface area contributed by atoms with Gasteiger partial charge in [0.1, 0.15) is 5.82 Å². The van der Waals surface area contributed by atoms with Crippen LogP contribution in [0.15, 0.2) is 30.5 Å². The predicted octanol–water partition coefficient (Wildman–Crippen LogP) is 2.59. The Morgan fingerprint density at radius 2 is 2.14 bits per heavy atom. The van der Waals surface area contributed by atoms with Crippen molar-refractivity contribution in [3.05, 3.63) is 47.5 Å². The summed E-state index contributed by atoms with van der Waals surface area (Å²) in [6.07, 6.45) is 3.68. The molecule has 1 unspecified atom stereocenters. The lowest BCUT2D eigenvalue weighted by Crippen LogP contribution is -2.44. The molecule has 1 aliphatic heterocycles. The van der Waals surface area contributed by atoms with E-state index in [2.05, 4.69) is 18.5 Å². The normalized spacial score (nSPS) is 17.8. The van der Waals surface area contributed by atoms with Crippen molar-refractivity contribution in [2.45, 2.75) is 19.4 Å². The fraction of sp³-hybridized carbons (Fsp3) is 0.550. The van der Waals surface area contributed by atoms with E-state index < -0.39 is 0 Å². The summed E-state index contributed by atoms with van der Waals surface area (Å²) in [7, 11) is 4.01. The topological polar surface area (TPSA) is 52.6 Å². The quantitative estimate of drug-likeness (QED) is 0.676. The van der Waals surface area contributed by atoms with E-state index in [-0.39, 0.29) is 11.7 Å². The van der Waals surface area contributed by atoms with Gasteiger partial charge in [0.25, 0.3) is 5.91 Å². The number of hydrogen-bond acceptors (Lipinski definition) is 6. The maximum absolute atomic E-state index is 14.0. The molecule has 3 rings (SSSR count). The smallest absolute Gasteiger partial charge is 0.275 e. The molecule has 28 heavy (non-hydrogen) atoms. The Morgan fingerprint density at radius 3 is 2.86 bits per heavy atom. The maximum atomic E-state index is 14.0. The molecule has 1 aliphatic rings. The molecule has 152 valence electrons. The van der Waals surface area contributed by atoms with Gasteiger partial charge in [-0.3, -0.25) is 9.69 Å². The third-order valence-corrected chi connectivity index (χ3v) is 5.60. The molecule has 1 amide bonds. The molecule has 0 bridgehead atoms. The van der Waals surface area contributed by atoms with Crippen molar-refractivity contribution < 1.29 is 9.18 Å². The summed E-state index contributed by atoms with van der Waals surface area (Å²) in [5.41, 5.74) is 1.15. The van der Waals surface area contributed by atoms with Crippen LogP contribution in [0.5, 0.6) is 0 Å². The number of benzene rings is 1. The van der Waals surface area contributed by atoms with E-state index in [0.717, 1.165) is 49.8 Å². The molecule has 0 spiro atoms. The van der Waals surface area contributed by atoms with Crippen LogP contribution in [0.4, 0.5) is 4.39 Å². The fourth-order valence-electron chi connectivity index (χ4n) is 3.64. The summed E-state index contributed by atoms with van der Waals surface area (Å²) in [6, 6.07) is 6.96. The van der Waals surface area contributed by atoms with Gasteiger partial charge in [-0.25, -0.2) is 4.39 Å². The van der Waals surface area contributed by atoms with Crippen LogP contribution in [0.25, 0.3) is 0 Å². The summed E-state index contributed by atoms with van der Waals surface area (Å²) in [6.45, 7) is 4.60. The molecule has 1 aromatic heterocycles. The van der Waals surface area contributed by atoms with Crippen LogP contribution in [0.2, 0.25) is 0 Å². The lowest BCUT2D eigenvalue weighted by molar-refractivity contribution is 0.0655. The van der Waals surface area contributed by atoms with E-state index in [0.29, 0.717) is 31.2 Å². The number of amides is 1. The minimum Gasteiger partial charge on any atom is -0.336 e. The summed E-state index contributed by atoms with van der Waals surface area (Å²) in [4.78, 5) is 19.1. The van der Waals surface area contributed by atoms with Crippen LogP contribution in [0, 0.1) is 11.7 Å². The Hall–Kier alpha value is -1.90. The van der Waals surface area contributed by atoms with E-state index in [1.165, 1.54) is 6.07 Å². The van der Waals surface area contributed by atoms with Gasteiger partial charge >= 0.3 is 0 Å². The number of carbonyl (C=O) groups excluding carboxylic acids is 1. The van der Waals surface area contributed by atoms with Crippen molar-refractivity contribution in [3.8, 4) is 0 Å². The zero-order chi connectivity index (χ0) is 19.9.